The van der Waals surface area contributed by atoms with E-state index in [2.05, 4.69) is 189 Å². The van der Waals surface area contributed by atoms with E-state index >= 15 is 0 Å². The molecule has 59 heavy (non-hydrogen) atoms. The van der Waals surface area contributed by atoms with E-state index in [0.717, 1.165) is 55.2 Å². The standard InChI is InChI=1S/C53H30N6/c1-2-14-33(15-3-1)57-41-21-9-5-16-34(41)35-27-26-31(29-46(35)57)49-36-17-4-8-20-40(36)55-53(56-49)32-28-39-47-37-18-6-10-22-42(37)58-44-24-12-13-25-45(44)59-43-23-11-7-19-38(43)48(50(39)54-30-32)52(59)51(47)58/h1-30H. The van der Waals surface area contributed by atoms with Crippen LogP contribution in [0.2, 0.25) is 0 Å². The van der Waals surface area contributed by atoms with Crippen molar-refractivity contribution in [3.05, 3.63) is 182 Å². The molecule has 0 saturated heterocycles. The Morgan fingerprint density at radius 2 is 0.949 bits per heavy atom. The number of aromatic nitrogens is 6. The lowest BCUT2D eigenvalue weighted by Gasteiger charge is -2.13. The van der Waals surface area contributed by atoms with E-state index in [1.165, 1.54) is 65.5 Å². The first-order valence-electron chi connectivity index (χ1n) is 20.0. The molecular weight excluding hydrogens is 721 g/mol. The molecule has 0 saturated carbocycles. The van der Waals surface area contributed by atoms with Gasteiger partial charge in [-0.05, 0) is 60.7 Å². The second kappa shape index (κ2) is 11.3. The Bertz CT molecular complexity index is 4070. The summed E-state index contributed by atoms with van der Waals surface area (Å²) in [5.41, 5.74) is 15.2. The third-order valence-corrected chi connectivity index (χ3v) is 12.6. The van der Waals surface area contributed by atoms with Crippen LogP contribution in [0.5, 0.6) is 0 Å². The molecule has 0 amide bonds. The van der Waals surface area contributed by atoms with Gasteiger partial charge in [-0.1, -0.05) is 115 Å². The minimum atomic E-state index is 0.647. The molecule has 14 aromatic rings. The van der Waals surface area contributed by atoms with Crippen LogP contribution in [0.3, 0.4) is 0 Å². The Hall–Kier alpha value is -8.09. The Morgan fingerprint density at radius 1 is 0.373 bits per heavy atom. The van der Waals surface area contributed by atoms with E-state index in [9.17, 15) is 0 Å². The van der Waals surface area contributed by atoms with Crippen LogP contribution in [-0.2, 0) is 0 Å². The molecule has 0 radical (unpaired) electrons. The van der Waals surface area contributed by atoms with Crippen LogP contribution >= 0.6 is 0 Å². The third kappa shape index (κ3) is 4.02. The number of benzene rings is 8. The van der Waals surface area contributed by atoms with Gasteiger partial charge in [0.15, 0.2) is 5.82 Å². The molecule has 6 heteroatoms. The lowest BCUT2D eigenvalue weighted by Crippen LogP contribution is -1.98. The molecule has 0 N–H and O–H groups in total. The summed E-state index contributed by atoms with van der Waals surface area (Å²) in [6.07, 6.45) is 1.98. The molecule has 0 bridgehead atoms. The average molecular weight is 751 g/mol. The van der Waals surface area contributed by atoms with Crippen molar-refractivity contribution in [1.82, 2.24) is 28.3 Å². The van der Waals surface area contributed by atoms with Gasteiger partial charge in [-0.3, -0.25) is 4.98 Å². The highest BCUT2D eigenvalue weighted by Crippen LogP contribution is 2.47. The van der Waals surface area contributed by atoms with E-state index in [1.54, 1.807) is 0 Å². The highest BCUT2D eigenvalue weighted by atomic mass is 15.0. The van der Waals surface area contributed by atoms with Gasteiger partial charge in [-0.25, -0.2) is 9.97 Å². The molecule has 0 aliphatic heterocycles. The molecule has 0 spiro atoms. The zero-order valence-electron chi connectivity index (χ0n) is 31.5. The fraction of sp³-hybridized carbons (Fsp3) is 0. The van der Waals surface area contributed by atoms with Gasteiger partial charge >= 0.3 is 0 Å². The lowest BCUT2D eigenvalue weighted by molar-refractivity contribution is 1.18. The normalized spacial score (nSPS) is 12.4. The van der Waals surface area contributed by atoms with Gasteiger partial charge in [0.1, 0.15) is 0 Å². The highest BCUT2D eigenvalue weighted by molar-refractivity contribution is 6.36. The second-order valence-corrected chi connectivity index (χ2v) is 15.6. The maximum absolute atomic E-state index is 5.45. The summed E-state index contributed by atoms with van der Waals surface area (Å²) in [5.74, 6) is 0.647. The first kappa shape index (κ1) is 31.0. The fourth-order valence-corrected chi connectivity index (χ4v) is 10.2. The van der Waals surface area contributed by atoms with Gasteiger partial charge in [-0.2, -0.15) is 0 Å². The Labute approximate surface area is 335 Å². The number of fused-ring (bicyclic) bond motifs is 16. The molecule has 0 atom stereocenters. The van der Waals surface area contributed by atoms with Crippen LogP contribution < -0.4 is 0 Å². The van der Waals surface area contributed by atoms with Crippen molar-refractivity contribution in [2.24, 2.45) is 0 Å². The van der Waals surface area contributed by atoms with Crippen LogP contribution in [0.15, 0.2) is 182 Å². The van der Waals surface area contributed by atoms with Gasteiger partial charge < -0.3 is 13.4 Å². The van der Waals surface area contributed by atoms with Crippen molar-refractivity contribution in [1.29, 1.82) is 0 Å². The van der Waals surface area contributed by atoms with E-state index in [4.69, 9.17) is 15.0 Å². The van der Waals surface area contributed by atoms with E-state index in [0.29, 0.717) is 5.82 Å². The van der Waals surface area contributed by atoms with Gasteiger partial charge in [0, 0.05) is 66.1 Å². The number of rotatable bonds is 3. The van der Waals surface area contributed by atoms with E-state index in [1.807, 2.05) is 6.20 Å². The van der Waals surface area contributed by atoms with Gasteiger partial charge in [0.05, 0.1) is 60.9 Å². The average Bonchev–Trinajstić information content (AvgIpc) is 3.95. The number of nitrogens with zero attached hydrogens (tertiary/aromatic N) is 6. The summed E-state index contributed by atoms with van der Waals surface area (Å²) in [5, 5.41) is 9.27. The predicted octanol–water partition coefficient (Wildman–Crippen LogP) is 13.2. The van der Waals surface area contributed by atoms with Crippen LogP contribution in [0.25, 0.3) is 127 Å². The maximum Gasteiger partial charge on any atom is 0.162 e. The maximum atomic E-state index is 5.45. The number of hydrogen-bond acceptors (Lipinski definition) is 3. The van der Waals surface area contributed by atoms with Crippen molar-refractivity contribution in [3.8, 4) is 28.3 Å². The minimum Gasteiger partial charge on any atom is -0.309 e. The molecule has 6 nitrogen and oxygen atoms in total. The van der Waals surface area contributed by atoms with Crippen LogP contribution in [0.1, 0.15) is 0 Å². The van der Waals surface area contributed by atoms with E-state index < -0.39 is 0 Å². The molecular formula is C53H30N6. The van der Waals surface area contributed by atoms with Crippen molar-refractivity contribution in [3.63, 3.8) is 0 Å². The van der Waals surface area contributed by atoms with Crippen molar-refractivity contribution >= 4 is 98.3 Å². The smallest absolute Gasteiger partial charge is 0.162 e. The lowest BCUT2D eigenvalue weighted by atomic mass is 10.00. The van der Waals surface area contributed by atoms with Gasteiger partial charge in [0.2, 0.25) is 0 Å². The predicted molar refractivity (Wildman–Crippen MR) is 243 cm³/mol. The summed E-state index contributed by atoms with van der Waals surface area (Å²) in [6.45, 7) is 0. The topological polar surface area (TPSA) is 52.4 Å². The molecule has 0 aliphatic rings. The van der Waals surface area contributed by atoms with Crippen molar-refractivity contribution < 1.29 is 0 Å². The first-order chi connectivity index (χ1) is 29.3. The van der Waals surface area contributed by atoms with Gasteiger partial charge in [-0.15, -0.1) is 0 Å². The van der Waals surface area contributed by atoms with Crippen molar-refractivity contribution in [2.45, 2.75) is 0 Å². The molecule has 8 aromatic carbocycles. The summed E-state index contributed by atoms with van der Waals surface area (Å²) in [4.78, 5) is 16.1. The largest absolute Gasteiger partial charge is 0.309 e. The van der Waals surface area contributed by atoms with Gasteiger partial charge in [0.25, 0.3) is 0 Å². The van der Waals surface area contributed by atoms with E-state index in [-0.39, 0.29) is 0 Å². The SMILES string of the molecule is c1ccc(-n2c3ccccc3c3ccc(-c4nc(-c5cnc6c(c5)c5c7ccccc7n7c8ccccc8n8c9ccccc9c6c8c57)nc5ccccc45)cc32)cc1. The van der Waals surface area contributed by atoms with Crippen LogP contribution in [0, 0.1) is 0 Å². The molecule has 272 valence electrons. The van der Waals surface area contributed by atoms with Crippen molar-refractivity contribution in [2.75, 3.05) is 0 Å². The second-order valence-electron chi connectivity index (χ2n) is 15.6. The fourth-order valence-electron chi connectivity index (χ4n) is 10.2. The number of hydrogen-bond donors (Lipinski definition) is 0. The number of pyridine rings is 1. The Morgan fingerprint density at radius 3 is 1.69 bits per heavy atom. The van der Waals surface area contributed by atoms with Crippen LogP contribution in [0.4, 0.5) is 0 Å². The first-order valence-corrected chi connectivity index (χ1v) is 20.0. The summed E-state index contributed by atoms with van der Waals surface area (Å²) >= 11 is 0. The zero-order valence-corrected chi connectivity index (χ0v) is 31.5. The Kier molecular flexibility index (Phi) is 5.93. The number of para-hydroxylation sites is 7. The molecule has 0 unspecified atom stereocenters. The van der Waals surface area contributed by atoms with Crippen LogP contribution in [-0.4, -0.2) is 28.3 Å². The quantitative estimate of drug-likeness (QED) is 0.169. The highest BCUT2D eigenvalue weighted by Gasteiger charge is 2.26. The molecule has 0 aliphatic carbocycles. The Balaban J connectivity index is 1.08. The summed E-state index contributed by atoms with van der Waals surface area (Å²) in [7, 11) is 0. The summed E-state index contributed by atoms with van der Waals surface area (Å²) < 4.78 is 7.27. The molecule has 14 rings (SSSR count). The molecule has 6 aromatic heterocycles. The molecule has 6 heterocycles. The monoisotopic (exact) mass is 750 g/mol. The summed E-state index contributed by atoms with van der Waals surface area (Å²) in [6, 6.07) is 62.9. The third-order valence-electron chi connectivity index (χ3n) is 12.6. The molecule has 0 fully saturated rings. The minimum absolute atomic E-state index is 0.647. The zero-order chi connectivity index (χ0) is 38.3.